The van der Waals surface area contributed by atoms with E-state index in [9.17, 15) is 4.79 Å². The molecule has 0 aliphatic heterocycles. The fourth-order valence-corrected chi connectivity index (χ4v) is 4.00. The Morgan fingerprint density at radius 1 is 2.00 bits per heavy atom. The Bertz CT molecular complexity index is 57.5. The molecule has 0 aromatic rings. The summed E-state index contributed by atoms with van der Waals surface area (Å²) in [5.74, 6) is 0. The SMILES string of the molecule is O=C(O)[AsH][Fe][Au]. The van der Waals surface area contributed by atoms with Crippen molar-refractivity contribution in [1.82, 2.24) is 0 Å². The van der Waals surface area contributed by atoms with Crippen LogP contribution in [0.5, 0.6) is 0 Å². The van der Waals surface area contributed by atoms with Gasteiger partial charge in [-0.2, -0.15) is 0 Å². The molecule has 0 fully saturated rings. The zero-order chi connectivity index (χ0) is 4.99. The third kappa shape index (κ3) is 5.29. The molecule has 5 heteroatoms. The Kier molecular flexibility index (Phi) is 5.40. The molecule has 6 heavy (non-hydrogen) atoms. The molecule has 0 aliphatic rings. The summed E-state index contributed by atoms with van der Waals surface area (Å²) in [7, 11) is 0.801. The molecule has 0 rings (SSSR count). The van der Waals surface area contributed by atoms with E-state index in [2.05, 4.69) is 18.9 Å². The van der Waals surface area contributed by atoms with Crippen molar-refractivity contribution in [2.24, 2.45) is 0 Å². The molecule has 0 saturated heterocycles. The van der Waals surface area contributed by atoms with Gasteiger partial charge in [0.05, 0.1) is 0 Å². The molecule has 0 heterocycles. The van der Waals surface area contributed by atoms with Crippen molar-refractivity contribution >= 4 is 18.6 Å². The van der Waals surface area contributed by atoms with E-state index in [0.717, 1.165) is 10.0 Å². The van der Waals surface area contributed by atoms with Gasteiger partial charge in [-0.1, -0.05) is 0 Å². The first-order valence-electron chi connectivity index (χ1n) is 0.961. The van der Waals surface area contributed by atoms with Gasteiger partial charge in [-0.05, 0) is 0 Å². The molecular weight excluding hydrogens is 372 g/mol. The monoisotopic (exact) mass is 374 g/mol. The molecule has 0 amide bonds. The van der Waals surface area contributed by atoms with Crippen LogP contribution in [0.25, 0.3) is 0 Å². The van der Waals surface area contributed by atoms with Gasteiger partial charge in [0.2, 0.25) is 0 Å². The molecule has 1 atom stereocenters. The molecule has 0 aromatic heterocycles. The number of rotatable bonds is 2. The van der Waals surface area contributed by atoms with Crippen molar-refractivity contribution in [2.75, 3.05) is 0 Å². The molecule has 0 aliphatic carbocycles. The van der Waals surface area contributed by atoms with E-state index >= 15 is 0 Å². The van der Waals surface area contributed by atoms with Gasteiger partial charge in [0.15, 0.2) is 0 Å². The molecular formula is CH2AsAuFeO2. The molecule has 0 radical (unpaired) electrons. The third-order valence-electron chi connectivity index (χ3n) is 0.102. The minimum absolute atomic E-state index is 0.600. The fourth-order valence-electron chi connectivity index (χ4n) is 0.0228. The Morgan fingerprint density at radius 3 is 2.50 bits per heavy atom. The van der Waals surface area contributed by atoms with Gasteiger partial charge in [0, 0.05) is 0 Å². The molecule has 1 unspecified atom stereocenters. The Morgan fingerprint density at radius 2 is 2.50 bits per heavy atom. The standard InChI is InChI=1S/CH2AsO2.Au.Fe/c2-1(3)4;;/h2H,(H,3,4);;/q-1;;+1. The van der Waals surface area contributed by atoms with Crippen LogP contribution in [0.15, 0.2) is 0 Å². The van der Waals surface area contributed by atoms with E-state index in [1.165, 1.54) is 0 Å². The second-order valence-electron chi connectivity index (χ2n) is 0.447. The first kappa shape index (κ1) is 7.29. The zero-order valence-electron chi connectivity index (χ0n) is 2.51. The number of carbonyl (C=O) groups is 1. The number of hydrogen-bond donors (Lipinski definition) is 1. The van der Waals surface area contributed by atoms with Crippen molar-refractivity contribution in [3.63, 3.8) is 0 Å². The van der Waals surface area contributed by atoms with E-state index in [1.807, 2.05) is 0 Å². The summed E-state index contributed by atoms with van der Waals surface area (Å²) in [5.41, 5.74) is 0. The minimum atomic E-state index is -0.650. The van der Waals surface area contributed by atoms with Gasteiger partial charge in [-0.25, -0.2) is 0 Å². The zero-order valence-corrected chi connectivity index (χ0v) is 7.88. The Hall–Kier alpha value is 1.29. The summed E-state index contributed by atoms with van der Waals surface area (Å²) in [4.78, 5) is 9.65. The van der Waals surface area contributed by atoms with Crippen LogP contribution in [0.1, 0.15) is 0 Å². The van der Waals surface area contributed by atoms with Gasteiger partial charge in [-0.15, -0.1) is 0 Å². The van der Waals surface area contributed by atoms with E-state index in [4.69, 9.17) is 5.11 Å². The van der Waals surface area contributed by atoms with Crippen molar-refractivity contribution < 1.29 is 38.9 Å². The van der Waals surface area contributed by atoms with Crippen molar-refractivity contribution in [2.45, 2.75) is 0 Å². The summed E-state index contributed by atoms with van der Waals surface area (Å²) in [6, 6.07) is 0. The van der Waals surface area contributed by atoms with Crippen molar-refractivity contribution in [3.8, 4) is 0 Å². The van der Waals surface area contributed by atoms with Gasteiger partial charge >= 0.3 is 57.5 Å². The van der Waals surface area contributed by atoms with Crippen LogP contribution in [0.4, 0.5) is 4.79 Å². The second kappa shape index (κ2) is 4.45. The summed E-state index contributed by atoms with van der Waals surface area (Å²) >= 11 is 1.58. The summed E-state index contributed by atoms with van der Waals surface area (Å²) in [6.07, 6.45) is 0. The van der Waals surface area contributed by atoms with Crippen LogP contribution in [0, 0.1) is 0 Å². The third-order valence-corrected chi connectivity index (χ3v) is 6.29. The van der Waals surface area contributed by atoms with E-state index < -0.39 is 18.6 Å². The molecule has 0 bridgehead atoms. The normalized spacial score (nSPS) is 11.0. The Balaban J connectivity index is 2.83. The predicted octanol–water partition coefficient (Wildman–Crippen LogP) is -0.440. The summed E-state index contributed by atoms with van der Waals surface area (Å²) < 4.78 is -0.600. The van der Waals surface area contributed by atoms with Crippen molar-refractivity contribution in [3.05, 3.63) is 0 Å². The van der Waals surface area contributed by atoms with Gasteiger partial charge < -0.3 is 0 Å². The Labute approximate surface area is 57.1 Å². The van der Waals surface area contributed by atoms with Crippen LogP contribution < -0.4 is 0 Å². The van der Waals surface area contributed by atoms with Crippen LogP contribution in [-0.4, -0.2) is 23.7 Å². The van der Waals surface area contributed by atoms with E-state index in [0.29, 0.717) is 0 Å². The first-order chi connectivity index (χ1) is 2.77. The molecule has 1 N–H and O–H groups in total. The van der Waals surface area contributed by atoms with Crippen LogP contribution >= 0.6 is 0 Å². The van der Waals surface area contributed by atoms with Crippen LogP contribution in [0.2, 0.25) is 0 Å². The average Bonchev–Trinajstić information content (AvgIpc) is 1.35. The number of carboxylic acid groups (broad SMARTS) is 1. The van der Waals surface area contributed by atoms with Gasteiger partial charge in [0.1, 0.15) is 0 Å². The number of hydrogen-bond acceptors (Lipinski definition) is 1. The van der Waals surface area contributed by atoms with Gasteiger partial charge in [-0.3, -0.25) is 0 Å². The quantitative estimate of drug-likeness (QED) is 0.667. The molecule has 42 valence electrons. The maximum absolute atomic E-state index is 9.65. The molecule has 0 aromatic carbocycles. The fraction of sp³-hybridized carbons (Fsp3) is 0. The van der Waals surface area contributed by atoms with Crippen LogP contribution in [-0.2, 0) is 29.0 Å². The molecule has 2 nitrogen and oxygen atoms in total. The van der Waals surface area contributed by atoms with Crippen molar-refractivity contribution in [1.29, 1.82) is 0 Å². The van der Waals surface area contributed by atoms with Crippen LogP contribution in [0.3, 0.4) is 0 Å². The molecule has 0 spiro atoms. The van der Waals surface area contributed by atoms with Gasteiger partial charge in [0.25, 0.3) is 0 Å². The topological polar surface area (TPSA) is 37.3 Å². The predicted molar refractivity (Wildman–Crippen MR) is 15.2 cm³/mol. The summed E-state index contributed by atoms with van der Waals surface area (Å²) in [5, 5.41) is 7.96. The summed E-state index contributed by atoms with van der Waals surface area (Å²) in [6.45, 7) is 0. The molecule has 0 saturated carbocycles. The average molecular weight is 374 g/mol. The second-order valence-corrected chi connectivity index (χ2v) is 12.4. The first-order valence-corrected chi connectivity index (χ1v) is 9.11. The van der Waals surface area contributed by atoms with E-state index in [1.54, 1.807) is 0 Å². The maximum atomic E-state index is 9.65. The van der Waals surface area contributed by atoms with E-state index in [-0.39, 0.29) is 0 Å².